The maximum absolute atomic E-state index is 11.7. The number of nitrogens with zero attached hydrogens (tertiary/aromatic N) is 1. The second-order valence-electron chi connectivity index (χ2n) is 3.57. The van der Waals surface area contributed by atoms with Crippen LogP contribution in [0.3, 0.4) is 0 Å². The Bertz CT molecular complexity index is 429. The summed E-state index contributed by atoms with van der Waals surface area (Å²) in [6.07, 6.45) is 0.739. The lowest BCUT2D eigenvalue weighted by Crippen LogP contribution is -2.36. The SMILES string of the molecule is CN(C)NS(=O)(=O)c1ccc(CCCl)cc1. The Hall–Kier alpha value is -0.620. The van der Waals surface area contributed by atoms with Gasteiger partial charge >= 0.3 is 0 Å². The van der Waals surface area contributed by atoms with Gasteiger partial charge in [-0.15, -0.1) is 16.4 Å². The van der Waals surface area contributed by atoms with Crippen molar-refractivity contribution in [3.8, 4) is 0 Å². The first-order valence-corrected chi connectivity index (χ1v) is 6.82. The molecule has 0 spiro atoms. The van der Waals surface area contributed by atoms with Crippen LogP contribution < -0.4 is 4.83 Å². The molecule has 0 radical (unpaired) electrons. The molecule has 0 atom stereocenters. The number of nitrogens with one attached hydrogen (secondary N) is 1. The minimum atomic E-state index is -3.45. The summed E-state index contributed by atoms with van der Waals surface area (Å²) in [4.78, 5) is 2.62. The average Bonchev–Trinajstić information content (AvgIpc) is 2.17. The van der Waals surface area contributed by atoms with E-state index in [0.29, 0.717) is 5.88 Å². The van der Waals surface area contributed by atoms with Crippen molar-refractivity contribution in [2.24, 2.45) is 0 Å². The number of benzene rings is 1. The number of halogens is 1. The zero-order valence-corrected chi connectivity index (χ0v) is 10.8. The van der Waals surface area contributed by atoms with Crippen molar-refractivity contribution >= 4 is 21.6 Å². The van der Waals surface area contributed by atoms with Crippen molar-refractivity contribution in [2.45, 2.75) is 11.3 Å². The van der Waals surface area contributed by atoms with Crippen LogP contribution in [0.5, 0.6) is 0 Å². The number of sulfonamides is 1. The van der Waals surface area contributed by atoms with E-state index >= 15 is 0 Å². The molecular formula is C10H15ClN2O2S. The molecule has 0 bridgehead atoms. The van der Waals surface area contributed by atoms with Gasteiger partial charge in [-0.25, -0.2) is 13.4 Å². The van der Waals surface area contributed by atoms with Crippen molar-refractivity contribution in [3.63, 3.8) is 0 Å². The number of aryl methyl sites for hydroxylation is 1. The van der Waals surface area contributed by atoms with Crippen molar-refractivity contribution < 1.29 is 8.42 Å². The highest BCUT2D eigenvalue weighted by atomic mass is 35.5. The Morgan fingerprint density at radius 2 is 1.81 bits per heavy atom. The molecule has 1 aromatic carbocycles. The smallest absolute Gasteiger partial charge is 0.237 e. The molecule has 0 heterocycles. The molecule has 16 heavy (non-hydrogen) atoms. The summed E-state index contributed by atoms with van der Waals surface area (Å²) in [5.41, 5.74) is 1.03. The Balaban J connectivity index is 2.89. The molecule has 0 amide bonds. The van der Waals surface area contributed by atoms with E-state index in [-0.39, 0.29) is 4.90 Å². The van der Waals surface area contributed by atoms with E-state index in [2.05, 4.69) is 4.83 Å². The Morgan fingerprint density at radius 1 is 1.25 bits per heavy atom. The molecule has 0 aromatic heterocycles. The van der Waals surface area contributed by atoms with Gasteiger partial charge in [-0.1, -0.05) is 12.1 Å². The fourth-order valence-electron chi connectivity index (χ4n) is 1.24. The molecule has 0 aliphatic heterocycles. The van der Waals surface area contributed by atoms with Gasteiger partial charge in [0.15, 0.2) is 0 Å². The van der Waals surface area contributed by atoms with E-state index in [1.165, 1.54) is 5.01 Å². The van der Waals surface area contributed by atoms with Crippen LogP contribution in [0.25, 0.3) is 0 Å². The molecule has 0 unspecified atom stereocenters. The zero-order valence-electron chi connectivity index (χ0n) is 9.27. The summed E-state index contributed by atoms with van der Waals surface area (Å²) in [6.45, 7) is 0. The topological polar surface area (TPSA) is 49.4 Å². The molecule has 1 aromatic rings. The van der Waals surface area contributed by atoms with Crippen LogP contribution in [0.2, 0.25) is 0 Å². The van der Waals surface area contributed by atoms with Gasteiger partial charge in [0, 0.05) is 20.0 Å². The van der Waals surface area contributed by atoms with Gasteiger partial charge in [0.1, 0.15) is 0 Å². The van der Waals surface area contributed by atoms with Crippen molar-refractivity contribution in [2.75, 3.05) is 20.0 Å². The second kappa shape index (κ2) is 5.63. The van der Waals surface area contributed by atoms with E-state index in [1.54, 1.807) is 38.4 Å². The number of rotatable bonds is 5. The van der Waals surface area contributed by atoms with Gasteiger partial charge in [0.25, 0.3) is 10.0 Å². The van der Waals surface area contributed by atoms with Crippen LogP contribution in [-0.2, 0) is 16.4 Å². The van der Waals surface area contributed by atoms with Gasteiger partial charge in [0.2, 0.25) is 0 Å². The molecule has 6 heteroatoms. The number of alkyl halides is 1. The molecule has 4 nitrogen and oxygen atoms in total. The van der Waals surface area contributed by atoms with E-state index < -0.39 is 10.0 Å². The molecule has 90 valence electrons. The second-order valence-corrected chi connectivity index (χ2v) is 5.61. The van der Waals surface area contributed by atoms with Gasteiger partial charge in [-0.05, 0) is 24.1 Å². The lowest BCUT2D eigenvalue weighted by Gasteiger charge is -2.12. The third kappa shape index (κ3) is 3.75. The lowest BCUT2D eigenvalue weighted by molar-refractivity contribution is 0.364. The number of hydrogen-bond acceptors (Lipinski definition) is 3. The van der Waals surface area contributed by atoms with Crippen LogP contribution in [-0.4, -0.2) is 33.4 Å². The van der Waals surface area contributed by atoms with E-state index in [9.17, 15) is 8.42 Å². The molecule has 0 saturated heterocycles. The quantitative estimate of drug-likeness (QED) is 0.641. The first-order valence-electron chi connectivity index (χ1n) is 4.80. The normalized spacial score (nSPS) is 12.0. The molecule has 0 saturated carbocycles. The summed E-state index contributed by atoms with van der Waals surface area (Å²) in [7, 11) is -0.199. The molecule has 1 N–H and O–H groups in total. The zero-order chi connectivity index (χ0) is 12.2. The highest BCUT2D eigenvalue weighted by molar-refractivity contribution is 7.89. The summed E-state index contributed by atoms with van der Waals surface area (Å²) >= 11 is 5.60. The number of hydrogen-bond donors (Lipinski definition) is 1. The summed E-state index contributed by atoms with van der Waals surface area (Å²) in [5.74, 6) is 0.530. The highest BCUT2D eigenvalue weighted by Gasteiger charge is 2.13. The average molecular weight is 263 g/mol. The van der Waals surface area contributed by atoms with Gasteiger partial charge in [-0.3, -0.25) is 0 Å². The first-order chi connectivity index (χ1) is 7.45. The van der Waals surface area contributed by atoms with E-state index in [0.717, 1.165) is 12.0 Å². The van der Waals surface area contributed by atoms with Crippen LogP contribution in [0.1, 0.15) is 5.56 Å². The fourth-order valence-corrected chi connectivity index (χ4v) is 2.54. The Kier molecular flexibility index (Phi) is 4.73. The van der Waals surface area contributed by atoms with Gasteiger partial charge in [-0.2, -0.15) is 0 Å². The summed E-state index contributed by atoms with van der Waals surface area (Å²) in [6, 6.07) is 6.70. The van der Waals surface area contributed by atoms with Crippen molar-refractivity contribution in [1.29, 1.82) is 0 Å². The van der Waals surface area contributed by atoms with Crippen molar-refractivity contribution in [1.82, 2.24) is 9.84 Å². The molecular weight excluding hydrogens is 248 g/mol. The minimum Gasteiger partial charge on any atom is -0.237 e. The van der Waals surface area contributed by atoms with Gasteiger partial charge < -0.3 is 0 Å². The molecule has 0 aliphatic rings. The van der Waals surface area contributed by atoms with Gasteiger partial charge in [0.05, 0.1) is 4.90 Å². The Labute approximate surface area is 101 Å². The minimum absolute atomic E-state index is 0.250. The van der Waals surface area contributed by atoms with Crippen LogP contribution in [0.15, 0.2) is 29.2 Å². The largest absolute Gasteiger partial charge is 0.253 e. The fraction of sp³-hybridized carbons (Fsp3) is 0.400. The van der Waals surface area contributed by atoms with Crippen LogP contribution in [0, 0.1) is 0 Å². The number of hydrazine groups is 1. The predicted octanol–water partition coefficient (Wildman–Crippen LogP) is 1.22. The maximum Gasteiger partial charge on any atom is 0.253 e. The predicted molar refractivity (Wildman–Crippen MR) is 64.9 cm³/mol. The van der Waals surface area contributed by atoms with Crippen molar-refractivity contribution in [3.05, 3.63) is 29.8 Å². The lowest BCUT2D eigenvalue weighted by atomic mass is 10.2. The van der Waals surface area contributed by atoms with Crippen LogP contribution in [0.4, 0.5) is 0 Å². The molecule has 1 rings (SSSR count). The highest BCUT2D eigenvalue weighted by Crippen LogP contribution is 2.11. The third-order valence-electron chi connectivity index (χ3n) is 1.92. The molecule has 0 aliphatic carbocycles. The first kappa shape index (κ1) is 13.4. The molecule has 0 fully saturated rings. The van der Waals surface area contributed by atoms with E-state index in [4.69, 9.17) is 11.6 Å². The summed E-state index contributed by atoms with van der Waals surface area (Å²) < 4.78 is 23.5. The third-order valence-corrected chi connectivity index (χ3v) is 3.61. The standard InChI is InChI=1S/C10H15ClN2O2S/c1-13(2)12-16(14,15)10-5-3-9(4-6-10)7-8-11/h3-6,12H,7-8H2,1-2H3. The van der Waals surface area contributed by atoms with Crippen LogP contribution >= 0.6 is 11.6 Å². The maximum atomic E-state index is 11.7. The monoisotopic (exact) mass is 262 g/mol. The van der Waals surface area contributed by atoms with E-state index in [1.807, 2.05) is 0 Å². The Morgan fingerprint density at radius 3 is 2.25 bits per heavy atom. The summed E-state index contributed by atoms with van der Waals surface area (Å²) in [5, 5.41) is 1.39.